The summed E-state index contributed by atoms with van der Waals surface area (Å²) in [5.41, 5.74) is 1.16. The van der Waals surface area contributed by atoms with Crippen LogP contribution in [0, 0.1) is 6.92 Å². The number of carbonyl (C=O) groups is 1. The molecule has 0 saturated carbocycles. The third-order valence-electron chi connectivity index (χ3n) is 4.38. The first kappa shape index (κ1) is 24.6. The summed E-state index contributed by atoms with van der Waals surface area (Å²) in [6, 6.07) is 9.25. The van der Waals surface area contributed by atoms with E-state index in [0.29, 0.717) is 24.7 Å². The Morgan fingerprint density at radius 2 is 1.58 bits per heavy atom. The van der Waals surface area contributed by atoms with Crippen molar-refractivity contribution in [2.24, 2.45) is 0 Å². The predicted octanol–water partition coefficient (Wildman–Crippen LogP) is 2.74. The number of hydrogen-bond donors (Lipinski definition) is 2. The summed E-state index contributed by atoms with van der Waals surface area (Å²) in [5.74, 6) is -0.0318. The molecule has 9 heteroatoms. The number of sulfonamides is 1. The van der Waals surface area contributed by atoms with E-state index in [1.54, 1.807) is 38.1 Å². The Morgan fingerprint density at radius 1 is 0.968 bits per heavy atom. The van der Waals surface area contributed by atoms with E-state index < -0.39 is 28.1 Å². The fourth-order valence-electron chi connectivity index (χ4n) is 2.87. The standard InChI is InChI=1S/C22H29NO7S/c1-5-28-18-13-10-16(14-19(18)29-6-2)21(24)20(22(25)30-7-3)23-31(26,27)17-11-8-15(4)9-12-17/h8-14,20-21,23-24H,5-7H2,1-4H3/t20-,21+/m0/s1. The second-order valence-corrected chi connectivity index (χ2v) is 8.40. The van der Waals surface area contributed by atoms with E-state index in [1.165, 1.54) is 18.2 Å². The Kier molecular flexibility index (Phi) is 8.85. The fraction of sp³-hybridized carbons (Fsp3) is 0.409. The minimum atomic E-state index is -4.10. The minimum absolute atomic E-state index is 0.0266. The van der Waals surface area contributed by atoms with Crippen molar-refractivity contribution in [2.45, 2.75) is 44.7 Å². The van der Waals surface area contributed by atoms with Gasteiger partial charge in [0.25, 0.3) is 0 Å². The molecule has 0 aliphatic rings. The first-order valence-electron chi connectivity index (χ1n) is 10.1. The summed E-state index contributed by atoms with van der Waals surface area (Å²) in [7, 11) is -4.10. The highest BCUT2D eigenvalue weighted by Gasteiger charge is 2.34. The van der Waals surface area contributed by atoms with Crippen molar-refractivity contribution < 1.29 is 32.5 Å². The first-order chi connectivity index (χ1) is 14.7. The van der Waals surface area contributed by atoms with Crippen molar-refractivity contribution in [2.75, 3.05) is 19.8 Å². The Balaban J connectivity index is 2.40. The van der Waals surface area contributed by atoms with Gasteiger partial charge in [0.05, 0.1) is 24.7 Å². The summed E-state index contributed by atoms with van der Waals surface area (Å²) < 4.78 is 44.0. The molecule has 170 valence electrons. The number of benzene rings is 2. The molecule has 8 nitrogen and oxygen atoms in total. The van der Waals surface area contributed by atoms with Crippen molar-refractivity contribution in [1.29, 1.82) is 0 Å². The number of nitrogens with one attached hydrogen (secondary N) is 1. The van der Waals surface area contributed by atoms with Gasteiger partial charge in [-0.1, -0.05) is 23.8 Å². The van der Waals surface area contributed by atoms with Crippen LogP contribution in [0.5, 0.6) is 11.5 Å². The van der Waals surface area contributed by atoms with Crippen molar-refractivity contribution in [1.82, 2.24) is 4.72 Å². The average Bonchev–Trinajstić information content (AvgIpc) is 2.73. The molecule has 0 radical (unpaired) electrons. The molecular weight excluding hydrogens is 422 g/mol. The van der Waals surface area contributed by atoms with Gasteiger partial charge in [-0.2, -0.15) is 4.72 Å². The molecule has 0 amide bonds. The number of carbonyl (C=O) groups excluding carboxylic acids is 1. The van der Waals surface area contributed by atoms with Crippen LogP contribution in [0.4, 0.5) is 0 Å². The summed E-state index contributed by atoms with van der Waals surface area (Å²) in [6.45, 7) is 7.87. The van der Waals surface area contributed by atoms with E-state index in [-0.39, 0.29) is 17.1 Å². The van der Waals surface area contributed by atoms with Crippen molar-refractivity contribution in [3.8, 4) is 11.5 Å². The van der Waals surface area contributed by atoms with Gasteiger partial charge in [0.1, 0.15) is 12.1 Å². The molecule has 0 spiro atoms. The van der Waals surface area contributed by atoms with Gasteiger partial charge in [-0.15, -0.1) is 0 Å². The summed E-state index contributed by atoms with van der Waals surface area (Å²) in [5, 5.41) is 10.9. The second-order valence-electron chi connectivity index (χ2n) is 6.68. The molecule has 0 aliphatic heterocycles. The predicted molar refractivity (Wildman–Crippen MR) is 116 cm³/mol. The quantitative estimate of drug-likeness (QED) is 0.505. The van der Waals surface area contributed by atoms with Crippen LogP contribution in [0.1, 0.15) is 38.0 Å². The Labute approximate surface area is 183 Å². The summed E-state index contributed by atoms with van der Waals surface area (Å²) in [4.78, 5) is 12.5. The molecule has 31 heavy (non-hydrogen) atoms. The zero-order valence-corrected chi connectivity index (χ0v) is 18.9. The van der Waals surface area contributed by atoms with Crippen LogP contribution < -0.4 is 14.2 Å². The van der Waals surface area contributed by atoms with Gasteiger partial charge in [-0.05, 0) is 57.5 Å². The zero-order valence-electron chi connectivity index (χ0n) is 18.1. The number of ether oxygens (including phenoxy) is 3. The van der Waals surface area contributed by atoms with E-state index in [0.717, 1.165) is 5.56 Å². The maximum atomic E-state index is 12.8. The zero-order chi connectivity index (χ0) is 23.0. The van der Waals surface area contributed by atoms with Gasteiger partial charge in [0, 0.05) is 0 Å². The number of aryl methyl sites for hydroxylation is 1. The van der Waals surface area contributed by atoms with Crippen molar-refractivity contribution in [3.05, 3.63) is 53.6 Å². The largest absolute Gasteiger partial charge is 0.490 e. The third kappa shape index (κ3) is 6.43. The summed E-state index contributed by atoms with van der Waals surface area (Å²) in [6.07, 6.45) is -1.52. The van der Waals surface area contributed by atoms with Crippen LogP contribution in [0.15, 0.2) is 47.4 Å². The molecule has 2 aromatic rings. The highest BCUT2D eigenvalue weighted by atomic mass is 32.2. The van der Waals surface area contributed by atoms with Crippen LogP contribution in [-0.2, 0) is 19.6 Å². The number of esters is 1. The molecule has 0 aliphatic carbocycles. The average molecular weight is 452 g/mol. The number of rotatable bonds is 11. The van der Waals surface area contributed by atoms with E-state index in [9.17, 15) is 18.3 Å². The van der Waals surface area contributed by atoms with Crippen LogP contribution in [0.2, 0.25) is 0 Å². The van der Waals surface area contributed by atoms with Gasteiger partial charge in [0.2, 0.25) is 10.0 Å². The van der Waals surface area contributed by atoms with Crippen LogP contribution >= 0.6 is 0 Å². The maximum absolute atomic E-state index is 12.8. The Hall–Kier alpha value is -2.62. The van der Waals surface area contributed by atoms with Gasteiger partial charge < -0.3 is 19.3 Å². The third-order valence-corrected chi connectivity index (χ3v) is 5.84. The highest BCUT2D eigenvalue weighted by Crippen LogP contribution is 2.32. The monoisotopic (exact) mass is 451 g/mol. The number of aliphatic hydroxyl groups is 1. The molecule has 2 aromatic carbocycles. The number of aliphatic hydroxyl groups excluding tert-OH is 1. The Morgan fingerprint density at radius 3 is 2.16 bits per heavy atom. The normalized spacial score (nSPS) is 13.3. The van der Waals surface area contributed by atoms with Gasteiger partial charge >= 0.3 is 5.97 Å². The lowest BCUT2D eigenvalue weighted by Gasteiger charge is -2.23. The Bertz CT molecular complexity index is 974. The van der Waals surface area contributed by atoms with Crippen LogP contribution in [-0.4, -0.2) is 45.4 Å². The fourth-order valence-corrected chi connectivity index (χ4v) is 4.06. The molecule has 0 bridgehead atoms. The first-order valence-corrected chi connectivity index (χ1v) is 11.5. The topological polar surface area (TPSA) is 111 Å². The molecule has 2 atom stereocenters. The van der Waals surface area contributed by atoms with Gasteiger partial charge in [-0.3, -0.25) is 4.79 Å². The second kappa shape index (κ2) is 11.1. The lowest BCUT2D eigenvalue weighted by molar-refractivity contribution is -0.148. The van der Waals surface area contributed by atoms with E-state index in [1.807, 2.05) is 13.8 Å². The molecule has 0 heterocycles. The van der Waals surface area contributed by atoms with Crippen LogP contribution in [0.3, 0.4) is 0 Å². The SMILES string of the molecule is CCOC(=O)[C@@H](NS(=O)(=O)c1ccc(C)cc1)[C@H](O)c1ccc(OCC)c(OCC)c1. The van der Waals surface area contributed by atoms with Crippen molar-refractivity contribution >= 4 is 16.0 Å². The molecule has 0 fully saturated rings. The minimum Gasteiger partial charge on any atom is -0.490 e. The van der Waals surface area contributed by atoms with Gasteiger partial charge in [0.15, 0.2) is 11.5 Å². The highest BCUT2D eigenvalue weighted by molar-refractivity contribution is 7.89. The molecule has 2 N–H and O–H groups in total. The smallest absolute Gasteiger partial charge is 0.327 e. The lowest BCUT2D eigenvalue weighted by atomic mass is 10.0. The molecule has 0 aromatic heterocycles. The maximum Gasteiger partial charge on any atom is 0.327 e. The van der Waals surface area contributed by atoms with E-state index >= 15 is 0 Å². The number of hydrogen-bond acceptors (Lipinski definition) is 7. The van der Waals surface area contributed by atoms with Crippen LogP contribution in [0.25, 0.3) is 0 Å². The van der Waals surface area contributed by atoms with Gasteiger partial charge in [-0.25, -0.2) is 8.42 Å². The molecular formula is C22H29NO7S. The lowest BCUT2D eigenvalue weighted by Crippen LogP contribution is -2.45. The molecule has 0 saturated heterocycles. The summed E-state index contributed by atoms with van der Waals surface area (Å²) >= 11 is 0. The van der Waals surface area contributed by atoms with E-state index in [2.05, 4.69) is 4.72 Å². The molecule has 0 unspecified atom stereocenters. The van der Waals surface area contributed by atoms with Crippen molar-refractivity contribution in [3.63, 3.8) is 0 Å². The molecule has 2 rings (SSSR count). The van der Waals surface area contributed by atoms with E-state index in [4.69, 9.17) is 14.2 Å².